The van der Waals surface area contributed by atoms with Crippen molar-refractivity contribution in [1.82, 2.24) is 9.97 Å². The van der Waals surface area contributed by atoms with E-state index in [0.717, 1.165) is 17.1 Å². The van der Waals surface area contributed by atoms with Crippen LogP contribution in [0.4, 0.5) is 22.1 Å². The van der Waals surface area contributed by atoms with Gasteiger partial charge < -0.3 is 10.1 Å². The maximum atomic E-state index is 11.2. The second-order valence-electron chi connectivity index (χ2n) is 4.30. The molecular formula is C14H16N4O2. The molecule has 0 aliphatic rings. The van der Waals surface area contributed by atoms with Gasteiger partial charge in [-0.3, -0.25) is 5.32 Å². The summed E-state index contributed by atoms with van der Waals surface area (Å²) in [7, 11) is 1.32. The Morgan fingerprint density at radius 1 is 1.10 bits per heavy atom. The molecule has 6 nitrogen and oxygen atoms in total. The lowest BCUT2D eigenvalue weighted by atomic mass is 10.3. The summed E-state index contributed by atoms with van der Waals surface area (Å²) in [4.78, 5) is 19.8. The summed E-state index contributed by atoms with van der Waals surface area (Å²) in [5, 5.41) is 5.70. The number of carbonyl (C=O) groups excluding carboxylic acids is 1. The van der Waals surface area contributed by atoms with E-state index in [2.05, 4.69) is 25.3 Å². The molecule has 1 heterocycles. The van der Waals surface area contributed by atoms with Crippen molar-refractivity contribution in [2.75, 3.05) is 17.7 Å². The molecule has 0 radical (unpaired) electrons. The predicted octanol–water partition coefficient (Wildman–Crippen LogP) is 3.02. The van der Waals surface area contributed by atoms with E-state index in [-0.39, 0.29) is 0 Å². The fourth-order valence-electron chi connectivity index (χ4n) is 1.75. The number of carbonyl (C=O) groups is 1. The van der Waals surface area contributed by atoms with E-state index in [0.29, 0.717) is 11.6 Å². The van der Waals surface area contributed by atoms with Gasteiger partial charge in [0.25, 0.3) is 0 Å². The van der Waals surface area contributed by atoms with Gasteiger partial charge in [-0.05, 0) is 38.1 Å². The van der Waals surface area contributed by atoms with Gasteiger partial charge in [0.15, 0.2) is 0 Å². The van der Waals surface area contributed by atoms with Crippen LogP contribution in [0.3, 0.4) is 0 Å². The number of nitrogens with zero attached hydrogens (tertiary/aromatic N) is 2. The quantitative estimate of drug-likeness (QED) is 0.898. The number of amides is 1. The minimum Gasteiger partial charge on any atom is -0.453 e. The Kier molecular flexibility index (Phi) is 4.14. The molecule has 2 rings (SSSR count). The summed E-state index contributed by atoms with van der Waals surface area (Å²) in [6.45, 7) is 3.82. The third kappa shape index (κ3) is 3.68. The van der Waals surface area contributed by atoms with E-state index in [1.165, 1.54) is 7.11 Å². The van der Waals surface area contributed by atoms with Crippen LogP contribution in [-0.2, 0) is 4.74 Å². The Balaban J connectivity index is 2.17. The largest absolute Gasteiger partial charge is 0.453 e. The van der Waals surface area contributed by atoms with Crippen molar-refractivity contribution >= 4 is 23.4 Å². The average Bonchev–Trinajstić information content (AvgIpc) is 2.37. The van der Waals surface area contributed by atoms with Gasteiger partial charge in [-0.15, -0.1) is 0 Å². The number of hydrogen-bond donors (Lipinski definition) is 2. The minimum atomic E-state index is -0.509. The van der Waals surface area contributed by atoms with Gasteiger partial charge >= 0.3 is 6.09 Å². The van der Waals surface area contributed by atoms with Crippen LogP contribution in [0.5, 0.6) is 0 Å². The van der Waals surface area contributed by atoms with Crippen LogP contribution in [-0.4, -0.2) is 23.2 Å². The van der Waals surface area contributed by atoms with E-state index >= 15 is 0 Å². The first-order chi connectivity index (χ1) is 9.56. The molecule has 1 aromatic carbocycles. The molecule has 0 atom stereocenters. The number of rotatable bonds is 3. The Bertz CT molecular complexity index is 608. The second-order valence-corrected chi connectivity index (χ2v) is 4.30. The van der Waals surface area contributed by atoms with Crippen molar-refractivity contribution in [2.24, 2.45) is 0 Å². The molecule has 0 saturated carbocycles. The summed E-state index contributed by atoms with van der Waals surface area (Å²) >= 11 is 0. The van der Waals surface area contributed by atoms with Crippen molar-refractivity contribution in [2.45, 2.75) is 13.8 Å². The predicted molar refractivity (Wildman–Crippen MR) is 77.3 cm³/mol. The van der Waals surface area contributed by atoms with E-state index in [1.807, 2.05) is 32.0 Å². The van der Waals surface area contributed by atoms with Gasteiger partial charge in [-0.2, -0.15) is 0 Å². The molecule has 2 N–H and O–H groups in total. The summed E-state index contributed by atoms with van der Waals surface area (Å²) in [6.07, 6.45) is -0.509. The van der Waals surface area contributed by atoms with Crippen LogP contribution >= 0.6 is 0 Å². The molecular weight excluding hydrogens is 256 g/mol. The molecule has 104 valence electrons. The third-order valence-electron chi connectivity index (χ3n) is 2.53. The fraction of sp³-hybridized carbons (Fsp3) is 0.214. The van der Waals surface area contributed by atoms with Crippen LogP contribution in [0, 0.1) is 13.8 Å². The number of benzene rings is 1. The average molecular weight is 272 g/mol. The summed E-state index contributed by atoms with van der Waals surface area (Å²) in [5.41, 5.74) is 3.20. The van der Waals surface area contributed by atoms with Crippen molar-refractivity contribution < 1.29 is 9.53 Å². The first-order valence-electron chi connectivity index (χ1n) is 6.11. The lowest BCUT2D eigenvalue weighted by Crippen LogP contribution is -2.11. The van der Waals surface area contributed by atoms with E-state index < -0.39 is 6.09 Å². The Morgan fingerprint density at radius 2 is 1.75 bits per heavy atom. The van der Waals surface area contributed by atoms with Crippen LogP contribution < -0.4 is 10.6 Å². The van der Waals surface area contributed by atoms with Crippen molar-refractivity contribution in [1.29, 1.82) is 0 Å². The zero-order valence-electron chi connectivity index (χ0n) is 11.6. The molecule has 0 aliphatic heterocycles. The number of hydrogen-bond acceptors (Lipinski definition) is 5. The fourth-order valence-corrected chi connectivity index (χ4v) is 1.75. The molecule has 0 unspecified atom stereocenters. The van der Waals surface area contributed by atoms with Gasteiger partial charge in [-0.25, -0.2) is 14.8 Å². The molecule has 6 heteroatoms. The number of aromatic nitrogens is 2. The molecule has 0 saturated heterocycles. The Labute approximate surface area is 117 Å². The number of aryl methyl sites for hydroxylation is 2. The lowest BCUT2D eigenvalue weighted by molar-refractivity contribution is 0.187. The number of anilines is 3. The maximum Gasteiger partial charge on any atom is 0.411 e. The van der Waals surface area contributed by atoms with Crippen LogP contribution in [0.1, 0.15) is 11.4 Å². The first kappa shape index (κ1) is 13.8. The maximum absolute atomic E-state index is 11.2. The lowest BCUT2D eigenvalue weighted by Gasteiger charge is -2.09. The molecule has 20 heavy (non-hydrogen) atoms. The number of ether oxygens (including phenoxy) is 1. The van der Waals surface area contributed by atoms with Crippen LogP contribution in [0.25, 0.3) is 0 Å². The van der Waals surface area contributed by atoms with Gasteiger partial charge in [0, 0.05) is 22.8 Å². The summed E-state index contributed by atoms with van der Waals surface area (Å²) in [5.74, 6) is 0.526. The molecule has 1 aromatic heterocycles. The van der Waals surface area contributed by atoms with Crippen molar-refractivity contribution in [3.05, 3.63) is 41.7 Å². The highest BCUT2D eigenvalue weighted by molar-refractivity contribution is 5.85. The highest BCUT2D eigenvalue weighted by atomic mass is 16.5. The van der Waals surface area contributed by atoms with Crippen LogP contribution in [0.15, 0.2) is 30.3 Å². The van der Waals surface area contributed by atoms with Crippen molar-refractivity contribution in [3.8, 4) is 0 Å². The van der Waals surface area contributed by atoms with Gasteiger partial charge in [0.2, 0.25) is 5.95 Å². The zero-order valence-corrected chi connectivity index (χ0v) is 11.6. The minimum absolute atomic E-state index is 0.509. The molecule has 0 aliphatic carbocycles. The van der Waals surface area contributed by atoms with Crippen LogP contribution in [0.2, 0.25) is 0 Å². The third-order valence-corrected chi connectivity index (χ3v) is 2.53. The molecule has 0 fully saturated rings. The monoisotopic (exact) mass is 272 g/mol. The zero-order chi connectivity index (χ0) is 14.5. The Hall–Kier alpha value is -2.63. The highest BCUT2D eigenvalue weighted by Crippen LogP contribution is 2.18. The Morgan fingerprint density at radius 3 is 2.40 bits per heavy atom. The smallest absolute Gasteiger partial charge is 0.411 e. The number of methoxy groups -OCH3 is 1. The van der Waals surface area contributed by atoms with Crippen molar-refractivity contribution in [3.63, 3.8) is 0 Å². The van der Waals surface area contributed by atoms with E-state index in [4.69, 9.17) is 0 Å². The molecule has 0 spiro atoms. The topological polar surface area (TPSA) is 76.1 Å². The van der Waals surface area contributed by atoms with Gasteiger partial charge in [0.05, 0.1) is 7.11 Å². The second kappa shape index (κ2) is 6.01. The molecule has 0 bridgehead atoms. The molecule has 2 aromatic rings. The van der Waals surface area contributed by atoms with Gasteiger partial charge in [0.1, 0.15) is 0 Å². The van der Waals surface area contributed by atoms with E-state index in [1.54, 1.807) is 12.1 Å². The highest BCUT2D eigenvalue weighted by Gasteiger charge is 2.03. The molecule has 1 amide bonds. The SMILES string of the molecule is COC(=O)Nc1cccc(Nc2nc(C)cc(C)n2)c1. The summed E-state index contributed by atoms with van der Waals surface area (Å²) < 4.78 is 4.55. The number of nitrogens with one attached hydrogen (secondary N) is 2. The first-order valence-corrected chi connectivity index (χ1v) is 6.11. The summed E-state index contributed by atoms with van der Waals surface area (Å²) in [6, 6.07) is 9.13. The van der Waals surface area contributed by atoms with E-state index in [9.17, 15) is 4.79 Å². The standard InChI is InChI=1S/C14H16N4O2/c1-9-7-10(2)16-13(15-9)17-11-5-4-6-12(8-11)18-14(19)20-3/h4-8H,1-3H3,(H,18,19)(H,15,16,17). The van der Waals surface area contributed by atoms with Gasteiger partial charge in [-0.1, -0.05) is 6.07 Å². The normalized spacial score (nSPS) is 9.95.